The Kier molecular flexibility index (Phi) is 5.76. The van der Waals surface area contributed by atoms with Gasteiger partial charge in [-0.25, -0.2) is 4.98 Å². The highest BCUT2D eigenvalue weighted by Crippen LogP contribution is 2.15. The van der Waals surface area contributed by atoms with Crippen LogP contribution in [-0.2, 0) is 29.6 Å². The molecule has 122 valence electrons. The number of pyridine rings is 2. The molecule has 8 heteroatoms. The number of hydrogen-bond donors (Lipinski definition) is 1. The maximum absolute atomic E-state index is 12.0. The maximum Gasteiger partial charge on any atom is 0.323 e. The first-order valence-electron chi connectivity index (χ1n) is 6.76. The lowest BCUT2D eigenvalue weighted by molar-refractivity contribution is -0.146. The molecule has 0 spiro atoms. The predicted molar refractivity (Wildman–Crippen MR) is 87.4 cm³/mol. The van der Waals surface area contributed by atoms with E-state index in [0.29, 0.717) is 11.3 Å². The molecule has 1 atom stereocenters. The van der Waals surface area contributed by atoms with Gasteiger partial charge < -0.3 is 15.0 Å². The average Bonchev–Trinajstić information content (AvgIpc) is 2.48. The highest BCUT2D eigenvalue weighted by atomic mass is 35.5. The predicted octanol–water partition coefficient (Wildman–Crippen LogP) is 1.70. The van der Waals surface area contributed by atoms with Crippen LogP contribution in [0.15, 0.2) is 35.1 Å². The molecular weight excluding hydrogens is 341 g/mol. The minimum Gasteiger partial charge on any atom is -0.460 e. The van der Waals surface area contributed by atoms with Crippen molar-refractivity contribution in [1.82, 2.24) is 9.55 Å². The number of aromatic nitrogens is 2. The molecule has 23 heavy (non-hydrogen) atoms. The lowest BCUT2D eigenvalue weighted by atomic mass is 10.1. The Labute approximate surface area is 142 Å². The summed E-state index contributed by atoms with van der Waals surface area (Å²) in [6.07, 6.45) is 0.198. The van der Waals surface area contributed by atoms with Gasteiger partial charge in [-0.3, -0.25) is 9.59 Å². The van der Waals surface area contributed by atoms with Crippen LogP contribution in [0.25, 0.3) is 0 Å². The van der Waals surface area contributed by atoms with Crippen molar-refractivity contribution in [3.8, 4) is 0 Å². The molecule has 2 rings (SSSR count). The average molecular weight is 356 g/mol. The number of hydrogen-bond acceptors (Lipinski definition) is 5. The Morgan fingerprint density at radius 3 is 2.65 bits per heavy atom. The fourth-order valence-electron chi connectivity index (χ4n) is 1.98. The molecule has 0 aliphatic rings. The van der Waals surface area contributed by atoms with Crippen LogP contribution in [0.3, 0.4) is 0 Å². The van der Waals surface area contributed by atoms with Crippen LogP contribution in [0.1, 0.15) is 11.3 Å². The third-order valence-electron chi connectivity index (χ3n) is 3.22. The van der Waals surface area contributed by atoms with E-state index in [4.69, 9.17) is 33.7 Å². The van der Waals surface area contributed by atoms with Crippen LogP contribution in [0, 0.1) is 0 Å². The summed E-state index contributed by atoms with van der Waals surface area (Å²) in [5.74, 6) is -0.578. The zero-order valence-electron chi connectivity index (χ0n) is 12.3. The van der Waals surface area contributed by atoms with Crippen molar-refractivity contribution in [2.24, 2.45) is 12.8 Å². The van der Waals surface area contributed by atoms with Crippen molar-refractivity contribution in [3.63, 3.8) is 0 Å². The number of carbonyl (C=O) groups excluding carboxylic acids is 1. The fourth-order valence-corrected chi connectivity index (χ4v) is 2.48. The number of nitrogens with zero attached hydrogens (tertiary/aromatic N) is 2. The lowest BCUT2D eigenvalue weighted by Gasteiger charge is -2.14. The normalized spacial score (nSPS) is 12.0. The molecule has 0 radical (unpaired) electrons. The highest BCUT2D eigenvalue weighted by molar-refractivity contribution is 6.32. The van der Waals surface area contributed by atoms with Gasteiger partial charge in [0.1, 0.15) is 23.0 Å². The fraction of sp³-hybridized carbons (Fsp3) is 0.267. The van der Waals surface area contributed by atoms with Gasteiger partial charge in [0, 0.05) is 25.2 Å². The number of esters is 1. The lowest BCUT2D eigenvalue weighted by Crippen LogP contribution is -2.36. The molecule has 0 amide bonds. The van der Waals surface area contributed by atoms with Crippen molar-refractivity contribution in [2.75, 3.05) is 0 Å². The molecule has 0 aromatic carbocycles. The SMILES string of the molecule is Cn1c(C[C@H](N)C(=O)OCc2cc(Cl)nc(Cl)c2)cccc1=O. The van der Waals surface area contributed by atoms with Crippen LogP contribution in [0.4, 0.5) is 0 Å². The van der Waals surface area contributed by atoms with E-state index in [2.05, 4.69) is 4.98 Å². The summed E-state index contributed by atoms with van der Waals surface area (Å²) < 4.78 is 6.59. The number of halogens is 2. The summed E-state index contributed by atoms with van der Waals surface area (Å²) in [7, 11) is 1.62. The van der Waals surface area contributed by atoms with Crippen molar-refractivity contribution >= 4 is 29.2 Å². The summed E-state index contributed by atoms with van der Waals surface area (Å²) in [5.41, 5.74) is 6.94. The molecule has 2 heterocycles. The van der Waals surface area contributed by atoms with Crippen LogP contribution >= 0.6 is 23.2 Å². The van der Waals surface area contributed by atoms with Gasteiger partial charge >= 0.3 is 5.97 Å². The van der Waals surface area contributed by atoms with Crippen molar-refractivity contribution in [2.45, 2.75) is 19.1 Å². The van der Waals surface area contributed by atoms with E-state index >= 15 is 0 Å². The molecule has 0 saturated carbocycles. The topological polar surface area (TPSA) is 87.2 Å². The second kappa shape index (κ2) is 7.59. The van der Waals surface area contributed by atoms with Gasteiger partial charge in [-0.15, -0.1) is 0 Å². The Bertz CT molecular complexity index is 757. The second-order valence-electron chi connectivity index (χ2n) is 4.95. The van der Waals surface area contributed by atoms with Gasteiger partial charge in [-0.2, -0.15) is 0 Å². The quantitative estimate of drug-likeness (QED) is 0.651. The zero-order valence-corrected chi connectivity index (χ0v) is 13.8. The largest absolute Gasteiger partial charge is 0.460 e. The monoisotopic (exact) mass is 355 g/mol. The van der Waals surface area contributed by atoms with Crippen LogP contribution in [-0.4, -0.2) is 21.6 Å². The molecule has 0 bridgehead atoms. The van der Waals surface area contributed by atoms with Gasteiger partial charge in [0.25, 0.3) is 0 Å². The molecule has 0 aliphatic carbocycles. The van der Waals surface area contributed by atoms with Crippen LogP contribution in [0.5, 0.6) is 0 Å². The van der Waals surface area contributed by atoms with E-state index in [9.17, 15) is 9.59 Å². The van der Waals surface area contributed by atoms with E-state index in [1.807, 2.05) is 0 Å². The van der Waals surface area contributed by atoms with Gasteiger partial charge in [0.2, 0.25) is 5.56 Å². The number of ether oxygens (including phenoxy) is 1. The molecule has 6 nitrogen and oxygen atoms in total. The zero-order chi connectivity index (χ0) is 17.0. The molecule has 2 N–H and O–H groups in total. The molecule has 0 saturated heterocycles. The Balaban J connectivity index is 1.97. The molecular formula is C15H15Cl2N3O3. The minimum absolute atomic E-state index is 0.0117. The minimum atomic E-state index is -0.879. The summed E-state index contributed by atoms with van der Waals surface area (Å²) >= 11 is 11.5. The third kappa shape index (κ3) is 4.79. The molecule has 2 aromatic rings. The van der Waals surface area contributed by atoms with Crippen molar-refractivity contribution in [1.29, 1.82) is 0 Å². The van der Waals surface area contributed by atoms with E-state index in [0.717, 1.165) is 0 Å². The first kappa shape index (κ1) is 17.5. The van der Waals surface area contributed by atoms with E-state index < -0.39 is 12.0 Å². The number of carbonyl (C=O) groups is 1. The van der Waals surface area contributed by atoms with Crippen molar-refractivity contribution in [3.05, 3.63) is 62.2 Å². The smallest absolute Gasteiger partial charge is 0.323 e. The van der Waals surface area contributed by atoms with Gasteiger partial charge in [-0.1, -0.05) is 29.3 Å². The van der Waals surface area contributed by atoms with Gasteiger partial charge in [0.15, 0.2) is 0 Å². The Morgan fingerprint density at radius 2 is 2.00 bits per heavy atom. The Morgan fingerprint density at radius 1 is 1.35 bits per heavy atom. The summed E-state index contributed by atoms with van der Waals surface area (Å²) in [6, 6.07) is 7.01. The van der Waals surface area contributed by atoms with Gasteiger partial charge in [-0.05, 0) is 23.8 Å². The van der Waals surface area contributed by atoms with E-state index in [-0.39, 0.29) is 28.9 Å². The van der Waals surface area contributed by atoms with Crippen LogP contribution in [0.2, 0.25) is 10.3 Å². The molecule has 0 fully saturated rings. The van der Waals surface area contributed by atoms with Crippen molar-refractivity contribution < 1.29 is 9.53 Å². The van der Waals surface area contributed by atoms with E-state index in [1.165, 1.54) is 10.6 Å². The van der Waals surface area contributed by atoms with Gasteiger partial charge in [0.05, 0.1) is 0 Å². The maximum atomic E-state index is 12.0. The molecule has 0 unspecified atom stereocenters. The third-order valence-corrected chi connectivity index (χ3v) is 3.61. The number of rotatable bonds is 5. The second-order valence-corrected chi connectivity index (χ2v) is 5.73. The first-order chi connectivity index (χ1) is 10.9. The first-order valence-corrected chi connectivity index (χ1v) is 7.51. The number of nitrogens with two attached hydrogens (primary N) is 1. The standard InChI is InChI=1S/C15H15Cl2N3O3/c1-20-10(3-2-4-14(20)21)7-11(18)15(22)23-8-9-5-12(16)19-13(17)6-9/h2-6,11H,7-8,18H2,1H3/t11-/m0/s1. The summed E-state index contributed by atoms with van der Waals surface area (Å²) in [4.78, 5) is 27.3. The van der Waals surface area contributed by atoms with Crippen LogP contribution < -0.4 is 11.3 Å². The summed E-state index contributed by atoms with van der Waals surface area (Å²) in [6.45, 7) is -0.0117. The van der Waals surface area contributed by atoms with E-state index in [1.54, 1.807) is 31.3 Å². The highest BCUT2D eigenvalue weighted by Gasteiger charge is 2.17. The molecule has 0 aliphatic heterocycles. The molecule has 2 aromatic heterocycles. The summed E-state index contributed by atoms with van der Waals surface area (Å²) in [5, 5.41) is 0.430. The Hall–Kier alpha value is -1.89.